The number of carbonyl (C=O) groups is 1. The molecular formula is C27H37N3O4S. The zero-order valence-electron chi connectivity index (χ0n) is 20.7. The first-order valence-electron chi connectivity index (χ1n) is 12.7. The maximum Gasteiger partial charge on any atom is 0.338 e. The van der Waals surface area contributed by atoms with Crippen molar-refractivity contribution in [3.05, 3.63) is 53.1 Å². The number of carboxylic acids is 1. The van der Waals surface area contributed by atoms with Crippen molar-refractivity contribution in [3.63, 3.8) is 0 Å². The van der Waals surface area contributed by atoms with Gasteiger partial charge in [0.05, 0.1) is 16.9 Å². The Hall–Kier alpha value is -2.58. The number of likely N-dealkylation sites (tertiary alicyclic amines) is 1. The van der Waals surface area contributed by atoms with Crippen LogP contribution in [0.1, 0.15) is 61.0 Å². The summed E-state index contributed by atoms with van der Waals surface area (Å²) in [7, 11) is -3.99. The van der Waals surface area contributed by atoms with Gasteiger partial charge in [0.25, 0.3) is 10.0 Å². The van der Waals surface area contributed by atoms with Crippen LogP contribution in [0, 0.1) is 11.8 Å². The van der Waals surface area contributed by atoms with E-state index in [4.69, 9.17) is 0 Å². The lowest BCUT2D eigenvalue weighted by Crippen LogP contribution is -2.37. The molecule has 2 aromatic carbocycles. The quantitative estimate of drug-likeness (QED) is 0.456. The number of rotatable bonds is 9. The Morgan fingerprint density at radius 2 is 1.80 bits per heavy atom. The Labute approximate surface area is 209 Å². The van der Waals surface area contributed by atoms with Gasteiger partial charge in [0, 0.05) is 13.1 Å². The maximum atomic E-state index is 13.4. The van der Waals surface area contributed by atoms with E-state index in [1.165, 1.54) is 12.8 Å². The lowest BCUT2D eigenvalue weighted by atomic mass is 9.87. The average Bonchev–Trinajstić information content (AvgIpc) is 2.84. The molecule has 8 heteroatoms. The normalized spacial score (nSPS) is 18.0. The summed E-state index contributed by atoms with van der Waals surface area (Å²) in [5, 5.41) is 13.2. The minimum atomic E-state index is -3.99. The van der Waals surface area contributed by atoms with Gasteiger partial charge in [0.15, 0.2) is 0 Å². The predicted octanol–water partition coefficient (Wildman–Crippen LogP) is 4.84. The third kappa shape index (κ3) is 6.16. The van der Waals surface area contributed by atoms with Gasteiger partial charge in [-0.3, -0.25) is 4.72 Å². The highest BCUT2D eigenvalue weighted by atomic mass is 32.2. The molecule has 3 N–H and O–H groups in total. The molecule has 0 bridgehead atoms. The van der Waals surface area contributed by atoms with Gasteiger partial charge in [-0.1, -0.05) is 32.0 Å². The van der Waals surface area contributed by atoms with Crippen molar-refractivity contribution in [2.75, 3.05) is 36.2 Å². The molecule has 1 heterocycles. The van der Waals surface area contributed by atoms with Crippen molar-refractivity contribution in [1.29, 1.82) is 0 Å². The van der Waals surface area contributed by atoms with Gasteiger partial charge >= 0.3 is 5.97 Å². The topological polar surface area (TPSA) is 98.7 Å². The van der Waals surface area contributed by atoms with E-state index in [0.717, 1.165) is 55.9 Å². The lowest BCUT2D eigenvalue weighted by molar-refractivity contribution is 0.0696. The number of nitrogens with zero attached hydrogens (tertiary/aromatic N) is 1. The smallest absolute Gasteiger partial charge is 0.338 e. The van der Waals surface area contributed by atoms with Gasteiger partial charge in [-0.15, -0.1) is 0 Å². The Balaban J connectivity index is 1.49. The zero-order chi connectivity index (χ0) is 25.0. The van der Waals surface area contributed by atoms with Gasteiger partial charge in [-0.05, 0) is 92.8 Å². The van der Waals surface area contributed by atoms with E-state index < -0.39 is 16.0 Å². The molecule has 1 saturated heterocycles. The molecule has 35 heavy (non-hydrogen) atoms. The van der Waals surface area contributed by atoms with Crippen LogP contribution in [0.4, 0.5) is 11.4 Å². The number of carboxylic acid groups (broad SMARTS) is 1. The number of aryl methyl sites for hydroxylation is 1. The van der Waals surface area contributed by atoms with Crippen LogP contribution in [-0.4, -0.2) is 50.6 Å². The van der Waals surface area contributed by atoms with E-state index in [1.54, 1.807) is 30.3 Å². The van der Waals surface area contributed by atoms with Crippen LogP contribution in [-0.2, 0) is 22.9 Å². The number of aromatic carboxylic acids is 1. The second-order valence-corrected chi connectivity index (χ2v) is 11.9. The highest BCUT2D eigenvalue weighted by Crippen LogP contribution is 2.32. The number of fused-ring (bicyclic) bond motifs is 1. The first-order valence-corrected chi connectivity index (χ1v) is 14.2. The summed E-state index contributed by atoms with van der Waals surface area (Å²) in [6.07, 6.45) is 5.86. The molecule has 7 nitrogen and oxygen atoms in total. The number of piperidine rings is 1. The van der Waals surface area contributed by atoms with Crippen molar-refractivity contribution >= 4 is 27.4 Å². The number of benzene rings is 2. The molecule has 0 radical (unpaired) electrons. The van der Waals surface area contributed by atoms with Crippen molar-refractivity contribution in [3.8, 4) is 0 Å². The van der Waals surface area contributed by atoms with E-state index in [0.29, 0.717) is 24.6 Å². The molecule has 1 unspecified atom stereocenters. The fourth-order valence-corrected chi connectivity index (χ4v) is 6.50. The van der Waals surface area contributed by atoms with E-state index in [9.17, 15) is 18.3 Å². The third-order valence-electron chi connectivity index (χ3n) is 7.25. The van der Waals surface area contributed by atoms with Crippen molar-refractivity contribution < 1.29 is 18.3 Å². The molecule has 0 aromatic heterocycles. The van der Waals surface area contributed by atoms with Crippen molar-refractivity contribution in [2.24, 2.45) is 11.8 Å². The fraction of sp³-hybridized carbons (Fsp3) is 0.519. The van der Waals surface area contributed by atoms with E-state index in [-0.39, 0.29) is 16.1 Å². The molecule has 0 saturated carbocycles. The third-order valence-corrected chi connectivity index (χ3v) is 8.68. The minimum absolute atomic E-state index is 0.0701. The van der Waals surface area contributed by atoms with Crippen LogP contribution in [0.3, 0.4) is 0 Å². The van der Waals surface area contributed by atoms with Crippen LogP contribution in [0.25, 0.3) is 0 Å². The van der Waals surface area contributed by atoms with E-state index in [1.807, 2.05) is 6.07 Å². The SMILES string of the molecule is CC1CCN(CC(C)CNc2ccccc2S(=O)(=O)Nc2ccc3c(c2C(=O)O)CCCC3)CC1. The first kappa shape index (κ1) is 25.5. The second kappa shape index (κ2) is 11.0. The number of sulfonamides is 1. The minimum Gasteiger partial charge on any atom is -0.478 e. The van der Waals surface area contributed by atoms with E-state index in [2.05, 4.69) is 28.8 Å². The fourth-order valence-electron chi connectivity index (χ4n) is 5.24. The molecule has 1 atom stereocenters. The lowest BCUT2D eigenvalue weighted by Gasteiger charge is -2.32. The van der Waals surface area contributed by atoms with Gasteiger partial charge in [-0.25, -0.2) is 13.2 Å². The maximum absolute atomic E-state index is 13.4. The Bertz CT molecular complexity index is 1160. The van der Waals surface area contributed by atoms with Gasteiger partial charge in [-0.2, -0.15) is 0 Å². The molecular weight excluding hydrogens is 462 g/mol. The van der Waals surface area contributed by atoms with Crippen LogP contribution in [0.2, 0.25) is 0 Å². The Morgan fingerprint density at radius 1 is 1.09 bits per heavy atom. The van der Waals surface area contributed by atoms with Crippen LogP contribution in [0.5, 0.6) is 0 Å². The molecule has 2 aliphatic rings. The largest absolute Gasteiger partial charge is 0.478 e. The van der Waals surface area contributed by atoms with Crippen molar-refractivity contribution in [1.82, 2.24) is 4.90 Å². The molecule has 190 valence electrons. The molecule has 0 spiro atoms. The summed E-state index contributed by atoms with van der Waals surface area (Å²) in [5.41, 5.74) is 2.46. The molecule has 0 amide bonds. The molecule has 4 rings (SSSR count). The monoisotopic (exact) mass is 499 g/mol. The first-order chi connectivity index (χ1) is 16.7. The number of hydrogen-bond donors (Lipinski definition) is 3. The van der Waals surface area contributed by atoms with Crippen molar-refractivity contribution in [2.45, 2.75) is 57.3 Å². The van der Waals surface area contributed by atoms with Crippen LogP contribution < -0.4 is 10.0 Å². The van der Waals surface area contributed by atoms with Gasteiger partial charge in [0.2, 0.25) is 0 Å². The van der Waals surface area contributed by atoms with E-state index >= 15 is 0 Å². The molecule has 1 aliphatic heterocycles. The molecule has 1 fully saturated rings. The highest BCUT2D eigenvalue weighted by Gasteiger charge is 2.26. The number of anilines is 2. The Morgan fingerprint density at radius 3 is 2.54 bits per heavy atom. The standard InChI is InChI=1S/C27H37N3O4S/c1-19-13-15-30(16-14-19)18-20(2)17-28-23-9-5-6-10-25(23)35(33,34)29-24-12-11-21-7-3-4-8-22(21)26(24)27(31)32/h5-6,9-12,19-20,28-29H,3-4,7-8,13-18H2,1-2H3,(H,31,32). The summed E-state index contributed by atoms with van der Waals surface area (Å²) in [6.45, 7) is 8.34. The molecule has 2 aromatic rings. The summed E-state index contributed by atoms with van der Waals surface area (Å²) in [5.74, 6) is 0.0428. The average molecular weight is 500 g/mol. The number of para-hydroxylation sites is 1. The van der Waals surface area contributed by atoms with Crippen LogP contribution >= 0.6 is 0 Å². The highest BCUT2D eigenvalue weighted by molar-refractivity contribution is 7.92. The summed E-state index contributed by atoms with van der Waals surface area (Å²) < 4.78 is 29.4. The number of nitrogens with one attached hydrogen (secondary N) is 2. The van der Waals surface area contributed by atoms with Crippen LogP contribution in [0.15, 0.2) is 41.3 Å². The summed E-state index contributed by atoms with van der Waals surface area (Å²) in [6, 6.07) is 10.2. The summed E-state index contributed by atoms with van der Waals surface area (Å²) >= 11 is 0. The zero-order valence-corrected chi connectivity index (χ0v) is 21.5. The number of hydrogen-bond acceptors (Lipinski definition) is 5. The second-order valence-electron chi connectivity index (χ2n) is 10.2. The predicted molar refractivity (Wildman–Crippen MR) is 140 cm³/mol. The van der Waals surface area contributed by atoms with Gasteiger partial charge < -0.3 is 15.3 Å². The Kier molecular flexibility index (Phi) is 8.02. The van der Waals surface area contributed by atoms with Gasteiger partial charge in [0.1, 0.15) is 4.90 Å². The molecule has 1 aliphatic carbocycles. The summed E-state index contributed by atoms with van der Waals surface area (Å²) in [4.78, 5) is 14.7.